The van der Waals surface area contributed by atoms with Crippen molar-refractivity contribution in [3.05, 3.63) is 30.3 Å². The predicted octanol–water partition coefficient (Wildman–Crippen LogP) is 4.65. The van der Waals surface area contributed by atoms with E-state index < -0.39 is 35.4 Å². The van der Waals surface area contributed by atoms with Crippen LogP contribution in [-0.4, -0.2) is 45.9 Å². The lowest BCUT2D eigenvalue weighted by Gasteiger charge is -2.53. The first kappa shape index (κ1) is 26.0. The van der Waals surface area contributed by atoms with Crippen molar-refractivity contribution in [1.29, 1.82) is 0 Å². The molecule has 0 saturated heterocycles. The van der Waals surface area contributed by atoms with Crippen LogP contribution in [0.1, 0.15) is 47.0 Å². The van der Waals surface area contributed by atoms with Crippen molar-refractivity contribution in [2.24, 2.45) is 0 Å². The summed E-state index contributed by atoms with van der Waals surface area (Å²) in [4.78, 5) is 0. The molecule has 1 aromatic carbocycles. The Morgan fingerprint density at radius 3 is 1.71 bits per heavy atom. The summed E-state index contributed by atoms with van der Waals surface area (Å²) in [5.41, 5.74) is 0. The van der Waals surface area contributed by atoms with Crippen LogP contribution in [0.25, 0.3) is 0 Å². The van der Waals surface area contributed by atoms with E-state index in [0.29, 0.717) is 0 Å². The van der Waals surface area contributed by atoms with Crippen LogP contribution < -0.4 is 5.19 Å². The number of rotatable bonds is 12. The minimum absolute atomic E-state index is 0.108. The van der Waals surface area contributed by atoms with Gasteiger partial charge in [-0.2, -0.15) is 0 Å². The molecule has 7 heteroatoms. The van der Waals surface area contributed by atoms with E-state index in [1.165, 1.54) is 5.19 Å². The summed E-state index contributed by atoms with van der Waals surface area (Å²) in [5.74, 6) is 0. The molecule has 1 rings (SSSR count). The van der Waals surface area contributed by atoms with E-state index >= 15 is 0 Å². The number of hydrogen-bond donors (Lipinski definition) is 0. The van der Waals surface area contributed by atoms with Gasteiger partial charge < -0.3 is 13.0 Å². The van der Waals surface area contributed by atoms with Gasteiger partial charge in [0, 0.05) is 5.22 Å². The van der Waals surface area contributed by atoms with Crippen molar-refractivity contribution < 1.29 is 13.0 Å². The molecule has 0 amide bonds. The van der Waals surface area contributed by atoms with Crippen LogP contribution in [0.3, 0.4) is 0 Å². The Morgan fingerprint density at radius 2 is 1.36 bits per heavy atom. The zero-order valence-corrected chi connectivity index (χ0v) is 24.4. The third kappa shape index (κ3) is 5.56. The second-order valence-corrected chi connectivity index (χ2v) is 20.8. The number of benzene rings is 1. The van der Waals surface area contributed by atoms with Gasteiger partial charge >= 0.3 is 8.56 Å². The molecule has 0 aliphatic rings. The Morgan fingerprint density at radius 1 is 0.821 bits per heavy atom. The first-order valence-electron chi connectivity index (χ1n) is 11.1. The second kappa shape index (κ2) is 10.8. The monoisotopic (exact) mass is 456 g/mol. The van der Waals surface area contributed by atoms with Crippen molar-refractivity contribution in [3.8, 4) is 0 Å². The highest BCUT2D eigenvalue weighted by Gasteiger charge is 2.61. The van der Waals surface area contributed by atoms with Crippen LogP contribution in [0.15, 0.2) is 30.3 Å². The Balaban J connectivity index is 3.83. The summed E-state index contributed by atoms with van der Waals surface area (Å²) < 4.78 is 21.4. The van der Waals surface area contributed by atoms with Gasteiger partial charge in [-0.15, -0.1) is 0 Å². The molecule has 162 valence electrons. The Hall–Kier alpha value is -0.0325. The average Bonchev–Trinajstić information content (AvgIpc) is 2.65. The predicted molar refractivity (Wildman–Crippen MR) is 134 cm³/mol. The zero-order valence-electron chi connectivity index (χ0n) is 20.0. The molecule has 3 nitrogen and oxygen atoms in total. The standard InChI is InChI=1S/C21H44O3Si4/c1-11-20(4,25(5)6)23-28(24-27(9)10,19-17-15-14-16-18-19)21(12-2,13-3)22-26(7)8/h14-18,25-27H,11-13H2,1-10H3. The van der Waals surface area contributed by atoms with Crippen molar-refractivity contribution in [2.75, 3.05) is 0 Å². The van der Waals surface area contributed by atoms with E-state index in [1.807, 2.05) is 0 Å². The summed E-state index contributed by atoms with van der Waals surface area (Å²) >= 11 is 0. The van der Waals surface area contributed by atoms with E-state index in [-0.39, 0.29) is 10.4 Å². The first-order valence-corrected chi connectivity index (χ1v) is 21.4. The van der Waals surface area contributed by atoms with Gasteiger partial charge in [-0.25, -0.2) is 0 Å². The summed E-state index contributed by atoms with van der Waals surface area (Å²) in [5, 5.41) is 0.790. The van der Waals surface area contributed by atoms with Crippen molar-refractivity contribution >= 4 is 40.6 Å². The van der Waals surface area contributed by atoms with E-state index in [1.54, 1.807) is 0 Å². The van der Waals surface area contributed by atoms with Crippen LogP contribution >= 0.6 is 0 Å². The molecule has 0 radical (unpaired) electrons. The largest absolute Gasteiger partial charge is 0.434 e. The minimum atomic E-state index is -2.89. The fourth-order valence-corrected chi connectivity index (χ4v) is 16.2. The van der Waals surface area contributed by atoms with Crippen LogP contribution in [0.4, 0.5) is 0 Å². The molecule has 0 heterocycles. The van der Waals surface area contributed by atoms with Gasteiger partial charge in [-0.3, -0.25) is 0 Å². The SMILES string of the molecule is CCC(C)(O[Si](O[SiH](C)C)(c1ccccc1)C(CC)(CC)O[SiH](C)C)[SiH](C)C. The summed E-state index contributed by atoms with van der Waals surface area (Å²) in [6.07, 6.45) is 2.87. The molecule has 2 unspecified atom stereocenters. The van der Waals surface area contributed by atoms with Gasteiger partial charge in [0.2, 0.25) is 0 Å². The van der Waals surface area contributed by atoms with Gasteiger partial charge in [-0.05, 0) is 57.6 Å². The van der Waals surface area contributed by atoms with E-state index in [9.17, 15) is 0 Å². The fourth-order valence-electron chi connectivity index (χ4n) is 3.94. The van der Waals surface area contributed by atoms with Gasteiger partial charge in [0.15, 0.2) is 18.1 Å². The zero-order chi connectivity index (χ0) is 21.6. The Bertz CT molecular complexity index is 578. The van der Waals surface area contributed by atoms with Gasteiger partial charge in [-0.1, -0.05) is 64.2 Å². The Labute approximate surface area is 180 Å². The molecule has 28 heavy (non-hydrogen) atoms. The molecule has 0 N–H and O–H groups in total. The molecular weight excluding hydrogens is 413 g/mol. The topological polar surface area (TPSA) is 27.7 Å². The Kier molecular flexibility index (Phi) is 10.1. The summed E-state index contributed by atoms with van der Waals surface area (Å²) in [6.45, 7) is 23.0. The third-order valence-electron chi connectivity index (χ3n) is 6.06. The van der Waals surface area contributed by atoms with Crippen LogP contribution in [0.2, 0.25) is 39.3 Å². The average molecular weight is 457 g/mol. The van der Waals surface area contributed by atoms with Crippen molar-refractivity contribution in [3.63, 3.8) is 0 Å². The van der Waals surface area contributed by atoms with Crippen LogP contribution in [0, 0.1) is 0 Å². The molecule has 0 aliphatic carbocycles. The van der Waals surface area contributed by atoms with Crippen LogP contribution in [-0.2, 0) is 13.0 Å². The quantitative estimate of drug-likeness (QED) is 0.429. The highest BCUT2D eigenvalue weighted by Crippen LogP contribution is 2.39. The maximum absolute atomic E-state index is 7.39. The van der Waals surface area contributed by atoms with Gasteiger partial charge in [0.25, 0.3) is 0 Å². The minimum Gasteiger partial charge on any atom is -0.434 e. The van der Waals surface area contributed by atoms with Crippen molar-refractivity contribution in [1.82, 2.24) is 0 Å². The lowest BCUT2D eigenvalue weighted by Crippen LogP contribution is -2.75. The van der Waals surface area contributed by atoms with Crippen molar-refractivity contribution in [2.45, 2.75) is 96.7 Å². The smallest absolute Gasteiger partial charge is 0.394 e. The molecule has 2 atom stereocenters. The third-order valence-corrected chi connectivity index (χ3v) is 17.5. The number of hydrogen-bond acceptors (Lipinski definition) is 3. The maximum atomic E-state index is 7.39. The van der Waals surface area contributed by atoms with E-state index in [2.05, 4.69) is 97.3 Å². The molecule has 1 aromatic rings. The molecule has 0 bridgehead atoms. The molecular formula is C21H44O3Si4. The molecule has 0 aliphatic heterocycles. The highest BCUT2D eigenvalue weighted by atomic mass is 28.4. The highest BCUT2D eigenvalue weighted by molar-refractivity contribution is 6.88. The van der Waals surface area contributed by atoms with Crippen LogP contribution in [0.5, 0.6) is 0 Å². The van der Waals surface area contributed by atoms with E-state index in [4.69, 9.17) is 13.0 Å². The molecule has 0 spiro atoms. The van der Waals surface area contributed by atoms with E-state index in [0.717, 1.165) is 19.3 Å². The lowest BCUT2D eigenvalue weighted by molar-refractivity contribution is 0.0403. The molecule has 0 saturated carbocycles. The summed E-state index contributed by atoms with van der Waals surface area (Å²) in [6, 6.07) is 10.8. The first-order chi connectivity index (χ1) is 13.0. The molecule has 0 aromatic heterocycles. The lowest BCUT2D eigenvalue weighted by atomic mass is 10.2. The normalized spacial score (nSPS) is 17.2. The second-order valence-electron chi connectivity index (χ2n) is 8.94. The summed E-state index contributed by atoms with van der Waals surface area (Å²) in [7, 11) is -6.66. The van der Waals surface area contributed by atoms with Gasteiger partial charge in [0.1, 0.15) is 5.22 Å². The maximum Gasteiger partial charge on any atom is 0.394 e. The fraction of sp³-hybridized carbons (Fsp3) is 0.714. The van der Waals surface area contributed by atoms with Gasteiger partial charge in [0.05, 0.1) is 8.80 Å². The molecule has 0 fully saturated rings.